The molecule has 0 aromatic carbocycles. The van der Waals surface area contributed by atoms with Crippen molar-refractivity contribution in [3.63, 3.8) is 0 Å². The zero-order valence-electron chi connectivity index (χ0n) is 16.2. The summed E-state index contributed by atoms with van der Waals surface area (Å²) in [5, 5.41) is 0. The normalized spacial score (nSPS) is 30.5. The molecule has 0 bridgehead atoms. The fourth-order valence-electron chi connectivity index (χ4n) is 4.15. The average molecular weight is 342 g/mol. The van der Waals surface area contributed by atoms with Crippen LogP contribution in [0.1, 0.15) is 72.1 Å². The van der Waals surface area contributed by atoms with Crippen LogP contribution in [0.2, 0.25) is 0 Å². The van der Waals surface area contributed by atoms with E-state index >= 15 is 0 Å². The largest absolute Gasteiger partial charge is 0.380 e. The SMILES string of the molecule is CCCC1CCC2(CC1)OCC(CCN(CCC)CCOCC)O2. The lowest BCUT2D eigenvalue weighted by Gasteiger charge is -2.36. The Kier molecular flexibility index (Phi) is 9.02. The van der Waals surface area contributed by atoms with Crippen molar-refractivity contribution >= 4 is 0 Å². The summed E-state index contributed by atoms with van der Waals surface area (Å²) in [7, 11) is 0. The molecule has 4 nitrogen and oxygen atoms in total. The second kappa shape index (κ2) is 10.7. The van der Waals surface area contributed by atoms with Gasteiger partial charge in [0.1, 0.15) is 0 Å². The third kappa shape index (κ3) is 6.29. The first-order chi connectivity index (χ1) is 11.7. The third-order valence-corrected chi connectivity index (χ3v) is 5.54. The van der Waals surface area contributed by atoms with Gasteiger partial charge in [0.2, 0.25) is 0 Å². The molecule has 0 radical (unpaired) electrons. The Morgan fingerprint density at radius 2 is 1.79 bits per heavy atom. The predicted octanol–water partition coefficient (Wildman–Crippen LogP) is 4.23. The van der Waals surface area contributed by atoms with Crippen molar-refractivity contribution in [1.82, 2.24) is 4.90 Å². The first-order valence-corrected chi connectivity index (χ1v) is 10.3. The van der Waals surface area contributed by atoms with Gasteiger partial charge < -0.3 is 19.1 Å². The first-order valence-electron chi connectivity index (χ1n) is 10.3. The molecule has 1 atom stereocenters. The summed E-state index contributed by atoms with van der Waals surface area (Å²) in [6.07, 6.45) is 9.95. The highest BCUT2D eigenvalue weighted by Gasteiger charge is 2.43. The molecule has 1 spiro atoms. The second-order valence-corrected chi connectivity index (χ2v) is 7.52. The van der Waals surface area contributed by atoms with E-state index in [1.54, 1.807) is 0 Å². The van der Waals surface area contributed by atoms with E-state index in [0.29, 0.717) is 0 Å². The maximum absolute atomic E-state index is 6.39. The summed E-state index contributed by atoms with van der Waals surface area (Å²) >= 11 is 0. The minimum atomic E-state index is -0.240. The van der Waals surface area contributed by atoms with Crippen LogP contribution in [-0.2, 0) is 14.2 Å². The van der Waals surface area contributed by atoms with Crippen LogP contribution in [0, 0.1) is 5.92 Å². The van der Waals surface area contributed by atoms with Crippen LogP contribution >= 0.6 is 0 Å². The minimum absolute atomic E-state index is 0.240. The van der Waals surface area contributed by atoms with Crippen molar-refractivity contribution in [3.8, 4) is 0 Å². The smallest absolute Gasteiger partial charge is 0.168 e. The van der Waals surface area contributed by atoms with Crippen molar-refractivity contribution in [2.45, 2.75) is 84.0 Å². The molecule has 142 valence electrons. The molecular weight excluding hydrogens is 302 g/mol. The summed E-state index contributed by atoms with van der Waals surface area (Å²) in [6.45, 7) is 12.3. The lowest BCUT2D eigenvalue weighted by atomic mass is 9.83. The second-order valence-electron chi connectivity index (χ2n) is 7.52. The number of hydrogen-bond acceptors (Lipinski definition) is 4. The van der Waals surface area contributed by atoms with E-state index in [-0.39, 0.29) is 11.9 Å². The maximum atomic E-state index is 6.39. The van der Waals surface area contributed by atoms with Gasteiger partial charge >= 0.3 is 0 Å². The standard InChI is InChI=1S/C20H39NO3/c1-4-7-18-8-11-20(12-9-18)23-17-19(24-20)10-14-21(13-5-2)15-16-22-6-3/h18-19H,4-17H2,1-3H3. The van der Waals surface area contributed by atoms with Gasteiger partial charge in [-0.3, -0.25) is 0 Å². The highest BCUT2D eigenvalue weighted by atomic mass is 16.7. The quantitative estimate of drug-likeness (QED) is 0.526. The van der Waals surface area contributed by atoms with Gasteiger partial charge in [0.05, 0.1) is 19.3 Å². The Morgan fingerprint density at radius 3 is 2.46 bits per heavy atom. The summed E-state index contributed by atoms with van der Waals surface area (Å²) in [4.78, 5) is 2.50. The number of ether oxygens (including phenoxy) is 3. The lowest BCUT2D eigenvalue weighted by molar-refractivity contribution is -0.193. The topological polar surface area (TPSA) is 30.9 Å². The molecule has 0 aromatic rings. The van der Waals surface area contributed by atoms with Gasteiger partial charge in [-0.2, -0.15) is 0 Å². The van der Waals surface area contributed by atoms with E-state index in [2.05, 4.69) is 25.7 Å². The zero-order chi connectivity index (χ0) is 17.3. The molecule has 2 aliphatic rings. The molecule has 2 fully saturated rings. The monoisotopic (exact) mass is 341 g/mol. The summed E-state index contributed by atoms with van der Waals surface area (Å²) in [5.74, 6) is 0.654. The van der Waals surface area contributed by atoms with Crippen LogP contribution in [0.5, 0.6) is 0 Å². The average Bonchev–Trinajstić information content (AvgIpc) is 2.98. The van der Waals surface area contributed by atoms with E-state index in [1.165, 1.54) is 32.1 Å². The maximum Gasteiger partial charge on any atom is 0.168 e. The van der Waals surface area contributed by atoms with E-state index in [1.807, 2.05) is 0 Å². The van der Waals surface area contributed by atoms with Crippen LogP contribution < -0.4 is 0 Å². The molecule has 0 amide bonds. The van der Waals surface area contributed by atoms with Gasteiger partial charge in [-0.15, -0.1) is 0 Å². The van der Waals surface area contributed by atoms with Gasteiger partial charge in [-0.05, 0) is 45.1 Å². The fourth-order valence-corrected chi connectivity index (χ4v) is 4.15. The molecule has 1 aliphatic heterocycles. The Labute approximate surface area is 149 Å². The van der Waals surface area contributed by atoms with Crippen LogP contribution in [0.15, 0.2) is 0 Å². The summed E-state index contributed by atoms with van der Waals surface area (Å²) in [5.41, 5.74) is 0. The number of nitrogens with zero attached hydrogens (tertiary/aromatic N) is 1. The zero-order valence-corrected chi connectivity index (χ0v) is 16.2. The summed E-state index contributed by atoms with van der Waals surface area (Å²) in [6, 6.07) is 0. The summed E-state index contributed by atoms with van der Waals surface area (Å²) < 4.78 is 18.0. The van der Waals surface area contributed by atoms with Crippen LogP contribution in [-0.4, -0.2) is 56.2 Å². The van der Waals surface area contributed by atoms with E-state index in [9.17, 15) is 0 Å². The Balaban J connectivity index is 1.69. The molecule has 0 aromatic heterocycles. The molecule has 1 saturated heterocycles. The third-order valence-electron chi connectivity index (χ3n) is 5.54. The van der Waals surface area contributed by atoms with E-state index < -0.39 is 0 Å². The van der Waals surface area contributed by atoms with Crippen LogP contribution in [0.3, 0.4) is 0 Å². The molecule has 24 heavy (non-hydrogen) atoms. The van der Waals surface area contributed by atoms with Crippen molar-refractivity contribution in [1.29, 1.82) is 0 Å². The highest BCUT2D eigenvalue weighted by molar-refractivity contribution is 4.85. The van der Waals surface area contributed by atoms with Crippen molar-refractivity contribution in [2.75, 3.05) is 39.5 Å². The first kappa shape index (κ1) is 20.2. The van der Waals surface area contributed by atoms with Gasteiger partial charge in [0.25, 0.3) is 0 Å². The van der Waals surface area contributed by atoms with Gasteiger partial charge in [-0.1, -0.05) is 26.7 Å². The molecule has 2 rings (SSSR count). The molecule has 4 heteroatoms. The molecule has 1 heterocycles. The molecule has 1 aliphatic carbocycles. The number of hydrogen-bond donors (Lipinski definition) is 0. The Bertz CT molecular complexity index is 329. The minimum Gasteiger partial charge on any atom is -0.380 e. The Hall–Kier alpha value is -0.160. The van der Waals surface area contributed by atoms with Gasteiger partial charge in [0, 0.05) is 32.5 Å². The van der Waals surface area contributed by atoms with Crippen LogP contribution in [0.25, 0.3) is 0 Å². The lowest BCUT2D eigenvalue weighted by Crippen LogP contribution is -2.36. The molecule has 0 N–H and O–H groups in total. The van der Waals surface area contributed by atoms with Gasteiger partial charge in [-0.25, -0.2) is 0 Å². The molecule has 1 saturated carbocycles. The molecule has 1 unspecified atom stereocenters. The van der Waals surface area contributed by atoms with E-state index in [0.717, 1.165) is 64.6 Å². The predicted molar refractivity (Wildman–Crippen MR) is 98.3 cm³/mol. The van der Waals surface area contributed by atoms with E-state index in [4.69, 9.17) is 14.2 Å². The number of rotatable bonds is 11. The van der Waals surface area contributed by atoms with Crippen molar-refractivity contribution in [2.24, 2.45) is 5.92 Å². The fraction of sp³-hybridized carbons (Fsp3) is 1.00. The Morgan fingerprint density at radius 1 is 1.00 bits per heavy atom. The molecular formula is C20H39NO3. The van der Waals surface area contributed by atoms with Gasteiger partial charge in [0.15, 0.2) is 5.79 Å². The van der Waals surface area contributed by atoms with Crippen molar-refractivity contribution < 1.29 is 14.2 Å². The van der Waals surface area contributed by atoms with Crippen LogP contribution in [0.4, 0.5) is 0 Å². The van der Waals surface area contributed by atoms with Crippen molar-refractivity contribution in [3.05, 3.63) is 0 Å². The highest BCUT2D eigenvalue weighted by Crippen LogP contribution is 2.41.